The molecule has 0 saturated heterocycles. The summed E-state index contributed by atoms with van der Waals surface area (Å²) in [5.74, 6) is 0.705. The van der Waals surface area contributed by atoms with Crippen molar-refractivity contribution >= 4 is 21.8 Å². The van der Waals surface area contributed by atoms with Gasteiger partial charge in [0.05, 0.1) is 28.1 Å². The van der Waals surface area contributed by atoms with Crippen molar-refractivity contribution in [2.24, 2.45) is 0 Å². The van der Waals surface area contributed by atoms with Crippen molar-refractivity contribution < 1.29 is 0 Å². The summed E-state index contributed by atoms with van der Waals surface area (Å²) >= 11 is 0. The number of fused-ring (bicyclic) bond motifs is 3. The van der Waals surface area contributed by atoms with Gasteiger partial charge in [-0.15, -0.1) is 0 Å². The molecule has 6 aromatic carbocycles. The van der Waals surface area contributed by atoms with Gasteiger partial charge in [0, 0.05) is 39.2 Å². The molecule has 0 N–H and O–H groups in total. The van der Waals surface area contributed by atoms with Crippen LogP contribution in [0.2, 0.25) is 0 Å². The van der Waals surface area contributed by atoms with E-state index in [9.17, 15) is 0 Å². The number of benzene rings is 6. The summed E-state index contributed by atoms with van der Waals surface area (Å²) < 4.78 is 0. The molecule has 0 bridgehead atoms. The summed E-state index contributed by atoms with van der Waals surface area (Å²) in [4.78, 5) is 19.7. The molecule has 50 heavy (non-hydrogen) atoms. The maximum absolute atomic E-state index is 5.03. The summed E-state index contributed by atoms with van der Waals surface area (Å²) in [6.07, 6.45) is 1.83. The van der Waals surface area contributed by atoms with Gasteiger partial charge in [-0.1, -0.05) is 158 Å². The minimum absolute atomic E-state index is 0.705. The van der Waals surface area contributed by atoms with Crippen molar-refractivity contribution in [1.29, 1.82) is 0 Å². The van der Waals surface area contributed by atoms with Crippen molar-refractivity contribution in [2.45, 2.75) is 0 Å². The van der Waals surface area contributed by atoms with E-state index in [1.165, 1.54) is 11.1 Å². The largest absolute Gasteiger partial charge is 0.254 e. The first-order valence-electron chi connectivity index (χ1n) is 16.7. The molecule has 0 atom stereocenters. The molecule has 234 valence electrons. The molecule has 0 saturated carbocycles. The Balaban J connectivity index is 1.02. The van der Waals surface area contributed by atoms with Crippen molar-refractivity contribution in [2.75, 3.05) is 0 Å². The van der Waals surface area contributed by atoms with Crippen LogP contribution in [0, 0.1) is 0 Å². The van der Waals surface area contributed by atoms with Crippen LogP contribution in [0.5, 0.6) is 0 Å². The third-order valence-corrected chi connectivity index (χ3v) is 9.17. The van der Waals surface area contributed by atoms with E-state index in [0.29, 0.717) is 5.82 Å². The van der Waals surface area contributed by atoms with Crippen LogP contribution in [0.1, 0.15) is 0 Å². The Morgan fingerprint density at radius 3 is 1.28 bits per heavy atom. The number of nitrogens with zero attached hydrogens (tertiary/aromatic N) is 4. The normalized spacial score (nSPS) is 11.2. The highest BCUT2D eigenvalue weighted by Crippen LogP contribution is 2.32. The second-order valence-electron chi connectivity index (χ2n) is 12.3. The smallest absolute Gasteiger partial charge is 0.160 e. The monoisotopic (exact) mass is 638 g/mol. The van der Waals surface area contributed by atoms with Gasteiger partial charge in [0.2, 0.25) is 0 Å². The van der Waals surface area contributed by atoms with Gasteiger partial charge in [-0.05, 0) is 40.5 Å². The average Bonchev–Trinajstić information content (AvgIpc) is 3.21. The molecule has 0 radical (unpaired) electrons. The molecule has 3 heterocycles. The van der Waals surface area contributed by atoms with Crippen LogP contribution in [-0.4, -0.2) is 19.9 Å². The van der Waals surface area contributed by atoms with Gasteiger partial charge in [-0.2, -0.15) is 0 Å². The average molecular weight is 639 g/mol. The highest BCUT2D eigenvalue weighted by molar-refractivity contribution is 6.03. The maximum atomic E-state index is 5.03. The lowest BCUT2D eigenvalue weighted by atomic mass is 9.99. The lowest BCUT2D eigenvalue weighted by Crippen LogP contribution is -1.96. The highest BCUT2D eigenvalue weighted by atomic mass is 14.9. The van der Waals surface area contributed by atoms with Gasteiger partial charge in [-0.25, -0.2) is 15.0 Å². The van der Waals surface area contributed by atoms with Crippen LogP contribution in [0.3, 0.4) is 0 Å². The van der Waals surface area contributed by atoms with E-state index in [1.54, 1.807) is 0 Å². The van der Waals surface area contributed by atoms with Crippen LogP contribution >= 0.6 is 0 Å². The van der Waals surface area contributed by atoms with Crippen LogP contribution in [-0.2, 0) is 0 Å². The van der Waals surface area contributed by atoms with E-state index >= 15 is 0 Å². The van der Waals surface area contributed by atoms with Gasteiger partial charge in [0.25, 0.3) is 0 Å². The molecule has 0 aliphatic carbocycles. The van der Waals surface area contributed by atoms with Gasteiger partial charge >= 0.3 is 0 Å². The molecular weight excluding hydrogens is 609 g/mol. The van der Waals surface area contributed by atoms with Gasteiger partial charge < -0.3 is 0 Å². The van der Waals surface area contributed by atoms with Gasteiger partial charge in [-0.3, -0.25) is 4.98 Å². The first kappa shape index (κ1) is 29.4. The second-order valence-corrected chi connectivity index (χ2v) is 12.3. The van der Waals surface area contributed by atoms with Crippen LogP contribution in [0.4, 0.5) is 0 Å². The first-order chi connectivity index (χ1) is 24.7. The quantitative estimate of drug-likeness (QED) is 0.170. The Morgan fingerprint density at radius 1 is 0.280 bits per heavy atom. The molecule has 4 nitrogen and oxygen atoms in total. The SMILES string of the molecule is c1ccc(-c2ccc(-c3cc(-c4ccc(-c5ccc(-c6ccc7ccc8cccnc8c7n6)cc5)cc4)nc(-c4ccccc4)n3)cc2)cc1. The highest BCUT2D eigenvalue weighted by Gasteiger charge is 2.12. The van der Waals surface area contributed by atoms with E-state index in [4.69, 9.17) is 15.0 Å². The standard InChI is InChI=1S/C46H30N4/c1-3-8-31(9-4-1)32-15-21-36(22-16-32)42-30-43(50-46(49-42)40-10-5-2-6-11-40)37-23-17-34(18-24-37)33-13-19-35(20-14-33)41-28-27-39-26-25-38-12-7-29-47-44(38)45(39)48-41/h1-30H. The van der Waals surface area contributed by atoms with Crippen LogP contribution < -0.4 is 0 Å². The maximum Gasteiger partial charge on any atom is 0.160 e. The van der Waals surface area contributed by atoms with Crippen molar-refractivity contribution in [3.05, 3.63) is 182 Å². The molecule has 0 amide bonds. The Hall–Kier alpha value is -6.78. The third kappa shape index (κ3) is 5.69. The molecule has 0 aliphatic rings. The summed E-state index contributed by atoms with van der Waals surface area (Å²) in [6.45, 7) is 0. The zero-order chi connectivity index (χ0) is 33.3. The van der Waals surface area contributed by atoms with Crippen LogP contribution in [0.25, 0.3) is 89.2 Å². The minimum Gasteiger partial charge on any atom is -0.254 e. The van der Waals surface area contributed by atoms with E-state index in [-0.39, 0.29) is 0 Å². The minimum atomic E-state index is 0.705. The van der Waals surface area contributed by atoms with Crippen LogP contribution in [0.15, 0.2) is 182 Å². The topological polar surface area (TPSA) is 51.6 Å². The van der Waals surface area contributed by atoms with Crippen molar-refractivity contribution in [3.63, 3.8) is 0 Å². The second kappa shape index (κ2) is 12.7. The molecular formula is C46H30N4. The fourth-order valence-corrected chi connectivity index (χ4v) is 6.47. The summed E-state index contributed by atoms with van der Waals surface area (Å²) in [5.41, 5.74) is 13.3. The predicted octanol–water partition coefficient (Wildman–Crippen LogP) is 11.6. The molecule has 3 aromatic heterocycles. The van der Waals surface area contributed by atoms with E-state index in [0.717, 1.165) is 72.3 Å². The first-order valence-corrected chi connectivity index (χ1v) is 16.7. The molecule has 0 fully saturated rings. The van der Waals surface area contributed by atoms with Crippen molar-refractivity contribution in [1.82, 2.24) is 19.9 Å². The molecule has 9 rings (SSSR count). The summed E-state index contributed by atoms with van der Waals surface area (Å²) in [6, 6.07) is 60.9. The van der Waals surface area contributed by atoms with Gasteiger partial charge in [0.15, 0.2) is 5.82 Å². The molecule has 0 aliphatic heterocycles. The summed E-state index contributed by atoms with van der Waals surface area (Å²) in [7, 11) is 0. The zero-order valence-corrected chi connectivity index (χ0v) is 27.1. The fourth-order valence-electron chi connectivity index (χ4n) is 6.47. The Kier molecular flexibility index (Phi) is 7.45. The molecule has 0 unspecified atom stereocenters. The Labute approximate surface area is 290 Å². The predicted molar refractivity (Wildman–Crippen MR) is 205 cm³/mol. The molecule has 9 aromatic rings. The van der Waals surface area contributed by atoms with E-state index in [2.05, 4.69) is 151 Å². The lowest BCUT2D eigenvalue weighted by molar-refractivity contribution is 1.18. The van der Waals surface area contributed by atoms with E-state index in [1.807, 2.05) is 36.5 Å². The lowest BCUT2D eigenvalue weighted by Gasteiger charge is -2.11. The number of pyridine rings is 2. The molecule has 0 spiro atoms. The fraction of sp³-hybridized carbons (Fsp3) is 0. The number of aromatic nitrogens is 4. The van der Waals surface area contributed by atoms with E-state index < -0.39 is 0 Å². The third-order valence-electron chi connectivity index (χ3n) is 9.17. The zero-order valence-electron chi connectivity index (χ0n) is 27.1. The Morgan fingerprint density at radius 2 is 0.720 bits per heavy atom. The molecule has 4 heteroatoms. The summed E-state index contributed by atoms with van der Waals surface area (Å²) in [5, 5.41) is 2.18. The number of hydrogen-bond donors (Lipinski definition) is 0. The van der Waals surface area contributed by atoms with Crippen molar-refractivity contribution in [3.8, 4) is 67.4 Å². The number of hydrogen-bond acceptors (Lipinski definition) is 4. The van der Waals surface area contributed by atoms with Gasteiger partial charge in [0.1, 0.15) is 0 Å². The number of rotatable bonds is 6. The Bertz CT molecular complexity index is 2600.